The summed E-state index contributed by atoms with van der Waals surface area (Å²) in [4.78, 5) is 28.2. The van der Waals surface area contributed by atoms with Crippen molar-refractivity contribution in [3.05, 3.63) is 82.2 Å². The number of anilines is 1. The summed E-state index contributed by atoms with van der Waals surface area (Å²) in [5, 5.41) is 11.8. The van der Waals surface area contributed by atoms with E-state index >= 15 is 0 Å². The van der Waals surface area contributed by atoms with Crippen LogP contribution in [-0.4, -0.2) is 23.0 Å². The van der Waals surface area contributed by atoms with Crippen LogP contribution >= 0.6 is 0 Å². The minimum absolute atomic E-state index is 0.251. The molecule has 0 fully saturated rings. The molecule has 2 aromatic carbocycles. The maximum atomic E-state index is 12.8. The molecule has 0 aliphatic heterocycles. The molecule has 1 aromatic heterocycles. The van der Waals surface area contributed by atoms with Crippen LogP contribution in [0, 0.1) is 25.2 Å². The van der Waals surface area contributed by atoms with Gasteiger partial charge in [-0.2, -0.15) is 5.26 Å². The number of esters is 1. The van der Waals surface area contributed by atoms with Gasteiger partial charge in [0.05, 0.1) is 23.3 Å². The molecule has 164 valence electrons. The van der Waals surface area contributed by atoms with Gasteiger partial charge in [-0.1, -0.05) is 18.2 Å². The molecular formula is C25H25N3O4. The number of carbonyl (C=O) groups excluding carboxylic acids is 2. The van der Waals surface area contributed by atoms with E-state index in [0.717, 1.165) is 5.56 Å². The highest BCUT2D eigenvalue weighted by Gasteiger charge is 2.23. The third kappa shape index (κ3) is 5.35. The zero-order chi connectivity index (χ0) is 23.3. The monoisotopic (exact) mass is 431 g/mol. The quantitative estimate of drug-likeness (QED) is 0.518. The number of hydrogen-bond donors (Lipinski definition) is 2. The van der Waals surface area contributed by atoms with Crippen molar-refractivity contribution in [3.63, 3.8) is 0 Å². The third-order valence-corrected chi connectivity index (χ3v) is 4.76. The fourth-order valence-electron chi connectivity index (χ4n) is 3.31. The highest BCUT2D eigenvalue weighted by molar-refractivity contribution is 6.06. The normalized spacial score (nSPS) is 10.5. The topological polar surface area (TPSA) is 104 Å². The van der Waals surface area contributed by atoms with Crippen LogP contribution in [0.25, 0.3) is 0 Å². The number of nitrogens with zero attached hydrogens (tertiary/aromatic N) is 1. The molecule has 1 amide bonds. The molecule has 0 spiro atoms. The van der Waals surface area contributed by atoms with Crippen LogP contribution in [0.4, 0.5) is 5.69 Å². The maximum Gasteiger partial charge on any atom is 0.340 e. The van der Waals surface area contributed by atoms with Crippen LogP contribution in [0.15, 0.2) is 48.5 Å². The molecule has 1 heterocycles. The van der Waals surface area contributed by atoms with E-state index in [0.29, 0.717) is 46.1 Å². The molecular weight excluding hydrogens is 406 g/mol. The van der Waals surface area contributed by atoms with Gasteiger partial charge in [-0.05, 0) is 63.1 Å². The first-order valence-corrected chi connectivity index (χ1v) is 10.2. The lowest BCUT2D eigenvalue weighted by atomic mass is 10.1. The Hall–Kier alpha value is -4.05. The number of ether oxygens (including phenoxy) is 2. The Kier molecular flexibility index (Phi) is 6.96. The minimum Gasteiger partial charge on any atom is -0.489 e. The summed E-state index contributed by atoms with van der Waals surface area (Å²) >= 11 is 0. The van der Waals surface area contributed by atoms with Gasteiger partial charge in [-0.15, -0.1) is 0 Å². The Morgan fingerprint density at radius 3 is 2.59 bits per heavy atom. The molecule has 0 aliphatic carbocycles. The molecule has 3 rings (SSSR count). The molecule has 0 saturated heterocycles. The number of nitriles is 1. The van der Waals surface area contributed by atoms with Gasteiger partial charge in [-0.3, -0.25) is 4.79 Å². The largest absolute Gasteiger partial charge is 0.489 e. The molecule has 2 N–H and O–H groups in total. The number of amides is 1. The van der Waals surface area contributed by atoms with Crippen molar-refractivity contribution in [2.45, 2.75) is 40.4 Å². The molecule has 0 saturated carbocycles. The van der Waals surface area contributed by atoms with Gasteiger partial charge in [0.1, 0.15) is 18.1 Å². The first-order chi connectivity index (χ1) is 15.3. The summed E-state index contributed by atoms with van der Waals surface area (Å²) in [5.74, 6) is -0.250. The lowest BCUT2D eigenvalue weighted by Gasteiger charge is -2.10. The number of hydrogen-bond acceptors (Lipinski definition) is 5. The first-order valence-electron chi connectivity index (χ1n) is 10.2. The van der Waals surface area contributed by atoms with E-state index in [-0.39, 0.29) is 12.0 Å². The van der Waals surface area contributed by atoms with Crippen molar-refractivity contribution in [1.29, 1.82) is 5.26 Å². The predicted octanol–water partition coefficient (Wildman–Crippen LogP) is 4.90. The van der Waals surface area contributed by atoms with E-state index in [2.05, 4.69) is 16.4 Å². The van der Waals surface area contributed by atoms with Crippen LogP contribution in [0.3, 0.4) is 0 Å². The summed E-state index contributed by atoms with van der Waals surface area (Å²) in [5.41, 5.74) is 3.79. The molecule has 7 nitrogen and oxygen atoms in total. The zero-order valence-corrected chi connectivity index (χ0v) is 18.5. The van der Waals surface area contributed by atoms with Crippen LogP contribution in [0.5, 0.6) is 5.75 Å². The number of carbonyl (C=O) groups is 2. The van der Waals surface area contributed by atoms with Crippen LogP contribution in [0.1, 0.15) is 57.1 Å². The van der Waals surface area contributed by atoms with E-state index < -0.39 is 5.97 Å². The third-order valence-electron chi connectivity index (χ3n) is 4.76. The Morgan fingerprint density at radius 2 is 1.88 bits per heavy atom. The smallest absolute Gasteiger partial charge is 0.340 e. The summed E-state index contributed by atoms with van der Waals surface area (Å²) in [6.07, 6.45) is -0.251. The molecule has 7 heteroatoms. The minimum atomic E-state index is -0.457. The van der Waals surface area contributed by atoms with Crippen LogP contribution < -0.4 is 10.1 Å². The number of rotatable bonds is 7. The van der Waals surface area contributed by atoms with Gasteiger partial charge in [0, 0.05) is 17.4 Å². The number of aromatic nitrogens is 1. The summed E-state index contributed by atoms with van der Waals surface area (Å²) in [6.45, 7) is 7.29. The molecule has 0 aliphatic rings. The van der Waals surface area contributed by atoms with E-state index in [1.54, 1.807) is 70.2 Å². The number of nitrogens with one attached hydrogen (secondary N) is 2. The van der Waals surface area contributed by atoms with Crippen molar-refractivity contribution in [1.82, 2.24) is 4.98 Å². The van der Waals surface area contributed by atoms with E-state index in [4.69, 9.17) is 14.7 Å². The molecule has 0 unspecified atom stereocenters. The predicted molar refractivity (Wildman–Crippen MR) is 121 cm³/mol. The fourth-order valence-corrected chi connectivity index (χ4v) is 3.31. The second kappa shape index (κ2) is 9.84. The number of aromatic amines is 1. The maximum absolute atomic E-state index is 12.8. The lowest BCUT2D eigenvalue weighted by Crippen LogP contribution is -2.15. The zero-order valence-electron chi connectivity index (χ0n) is 18.5. The highest BCUT2D eigenvalue weighted by atomic mass is 16.5. The van der Waals surface area contributed by atoms with E-state index in [1.165, 1.54) is 0 Å². The van der Waals surface area contributed by atoms with Crippen LogP contribution in [0.2, 0.25) is 0 Å². The van der Waals surface area contributed by atoms with Crippen LogP contribution in [-0.2, 0) is 11.3 Å². The summed E-state index contributed by atoms with van der Waals surface area (Å²) in [6, 6.07) is 16.3. The second-order valence-electron chi connectivity index (χ2n) is 7.66. The summed E-state index contributed by atoms with van der Waals surface area (Å²) in [7, 11) is 0. The molecule has 0 bridgehead atoms. The first kappa shape index (κ1) is 22.6. The Morgan fingerprint density at radius 1 is 1.12 bits per heavy atom. The second-order valence-corrected chi connectivity index (χ2v) is 7.66. The van der Waals surface area contributed by atoms with Crippen molar-refractivity contribution >= 4 is 17.6 Å². The van der Waals surface area contributed by atoms with Gasteiger partial charge >= 0.3 is 5.97 Å². The molecule has 0 atom stereocenters. The van der Waals surface area contributed by atoms with Gasteiger partial charge in [0.25, 0.3) is 5.91 Å². The van der Waals surface area contributed by atoms with Gasteiger partial charge in [0.2, 0.25) is 0 Å². The number of H-pyrrole nitrogens is 1. The summed E-state index contributed by atoms with van der Waals surface area (Å²) < 4.78 is 11.1. The van der Waals surface area contributed by atoms with Gasteiger partial charge in [-0.25, -0.2) is 4.79 Å². The molecule has 32 heavy (non-hydrogen) atoms. The fraction of sp³-hybridized carbons (Fsp3) is 0.240. The lowest BCUT2D eigenvalue weighted by molar-refractivity contribution is 0.0376. The van der Waals surface area contributed by atoms with Crippen molar-refractivity contribution < 1.29 is 19.1 Å². The van der Waals surface area contributed by atoms with E-state index in [1.807, 2.05) is 6.07 Å². The standard InChI is InChI=1S/C25H25N3O4/c1-15(2)32-25(30)22-16(3)23(27-17(22)4)24(29)28-20-9-6-10-21(12-20)31-14-19-8-5-7-18(11-19)13-26/h5-12,15,27H,14H2,1-4H3,(H,28,29). The van der Waals surface area contributed by atoms with Gasteiger partial charge in [0.15, 0.2) is 0 Å². The Bertz CT molecular complexity index is 1190. The van der Waals surface area contributed by atoms with Gasteiger partial charge < -0.3 is 19.8 Å². The molecule has 0 radical (unpaired) electrons. The Balaban J connectivity index is 1.71. The Labute approximate surface area is 187 Å². The molecule has 3 aromatic rings. The van der Waals surface area contributed by atoms with E-state index in [9.17, 15) is 9.59 Å². The highest BCUT2D eigenvalue weighted by Crippen LogP contribution is 2.23. The number of aryl methyl sites for hydroxylation is 1. The SMILES string of the molecule is Cc1[nH]c(C(=O)Nc2cccc(OCc3cccc(C#N)c3)c2)c(C)c1C(=O)OC(C)C. The van der Waals surface area contributed by atoms with Crippen molar-refractivity contribution in [2.75, 3.05) is 5.32 Å². The average molecular weight is 431 g/mol. The van der Waals surface area contributed by atoms with Crippen molar-refractivity contribution in [2.24, 2.45) is 0 Å². The van der Waals surface area contributed by atoms with Crippen molar-refractivity contribution in [3.8, 4) is 11.8 Å². The number of benzene rings is 2. The average Bonchev–Trinajstić information content (AvgIpc) is 3.06.